The molecule has 0 N–H and O–H groups in total. The van der Waals surface area contributed by atoms with Crippen LogP contribution in [0.4, 0.5) is 0 Å². The fourth-order valence-corrected chi connectivity index (χ4v) is 3.16. The number of hydrogen-bond acceptors (Lipinski definition) is 5. The summed E-state index contributed by atoms with van der Waals surface area (Å²) in [5.74, 6) is 1.84. The molecule has 2 rings (SSSR count). The Hall–Kier alpha value is -0.910. The van der Waals surface area contributed by atoms with E-state index in [9.17, 15) is 0 Å². The minimum Gasteiger partial charge on any atom is -0.496 e. The molecule has 4 nitrogen and oxygen atoms in total. The molecule has 1 fully saturated rings. The minimum absolute atomic E-state index is 0.355. The summed E-state index contributed by atoms with van der Waals surface area (Å²) in [7, 11) is 5.21. The van der Waals surface area contributed by atoms with Gasteiger partial charge in [-0.3, -0.25) is 4.90 Å². The van der Waals surface area contributed by atoms with Crippen LogP contribution in [0, 0.1) is 0 Å². The molecule has 0 spiro atoms. The number of thioether (sulfide) groups is 1. The van der Waals surface area contributed by atoms with Gasteiger partial charge in [0, 0.05) is 32.3 Å². The molecule has 0 saturated carbocycles. The lowest BCUT2D eigenvalue weighted by molar-refractivity contribution is 0.107. The van der Waals surface area contributed by atoms with Gasteiger partial charge in [-0.05, 0) is 24.8 Å². The van der Waals surface area contributed by atoms with E-state index in [0.717, 1.165) is 42.4 Å². The zero-order valence-corrected chi connectivity index (χ0v) is 13.5. The van der Waals surface area contributed by atoms with E-state index < -0.39 is 0 Å². The number of nitrogens with zero attached hydrogens (tertiary/aromatic N) is 1. The minimum atomic E-state index is 0.355. The third-order valence-corrected chi connectivity index (χ3v) is 4.50. The van der Waals surface area contributed by atoms with Crippen LogP contribution in [0.5, 0.6) is 11.5 Å². The second kappa shape index (κ2) is 7.20. The van der Waals surface area contributed by atoms with Crippen LogP contribution >= 0.6 is 11.8 Å². The lowest BCUT2D eigenvalue weighted by Gasteiger charge is -2.19. The Bertz CT molecular complexity index is 453. The van der Waals surface area contributed by atoms with Gasteiger partial charge in [-0.2, -0.15) is 0 Å². The predicted molar refractivity (Wildman–Crippen MR) is 82.0 cm³/mol. The first-order valence-corrected chi connectivity index (χ1v) is 7.98. The highest BCUT2D eigenvalue weighted by Crippen LogP contribution is 2.35. The van der Waals surface area contributed by atoms with E-state index in [2.05, 4.69) is 17.0 Å². The van der Waals surface area contributed by atoms with Crippen molar-refractivity contribution in [1.82, 2.24) is 4.90 Å². The number of methoxy groups -OCH3 is 3. The smallest absolute Gasteiger partial charge is 0.132 e. The third-order valence-electron chi connectivity index (χ3n) is 3.74. The highest BCUT2D eigenvalue weighted by Gasteiger charge is 2.23. The van der Waals surface area contributed by atoms with Crippen molar-refractivity contribution >= 4 is 11.8 Å². The summed E-state index contributed by atoms with van der Waals surface area (Å²) < 4.78 is 16.4. The Labute approximate surface area is 125 Å². The van der Waals surface area contributed by atoms with Gasteiger partial charge < -0.3 is 14.2 Å². The van der Waals surface area contributed by atoms with Crippen LogP contribution in [0.3, 0.4) is 0 Å². The standard InChI is InChI=1S/C15H23NO3S/c1-17-12-5-6-16(10-12)9-11-7-14(19-3)15(20-4)8-13(11)18-2/h7-8,12H,5-6,9-10H2,1-4H3/t12-/m0/s1. The molecule has 0 bridgehead atoms. The zero-order chi connectivity index (χ0) is 14.5. The molecular formula is C15H23NO3S. The lowest BCUT2D eigenvalue weighted by Crippen LogP contribution is -2.22. The molecule has 112 valence electrons. The highest BCUT2D eigenvalue weighted by molar-refractivity contribution is 7.98. The average molecular weight is 297 g/mol. The molecule has 0 radical (unpaired) electrons. The molecule has 0 amide bonds. The normalized spacial score (nSPS) is 19.3. The molecule has 1 heterocycles. The Kier molecular flexibility index (Phi) is 5.57. The molecule has 1 aromatic carbocycles. The number of hydrogen-bond donors (Lipinski definition) is 0. The molecule has 1 aliphatic rings. The van der Waals surface area contributed by atoms with Crippen molar-refractivity contribution < 1.29 is 14.2 Å². The Balaban J connectivity index is 2.18. The van der Waals surface area contributed by atoms with Crippen LogP contribution < -0.4 is 9.47 Å². The molecule has 1 saturated heterocycles. The second-order valence-electron chi connectivity index (χ2n) is 4.90. The highest BCUT2D eigenvalue weighted by atomic mass is 32.2. The summed E-state index contributed by atoms with van der Waals surface area (Å²) in [6.45, 7) is 2.91. The van der Waals surface area contributed by atoms with Crippen molar-refractivity contribution in [3.05, 3.63) is 17.7 Å². The summed E-state index contributed by atoms with van der Waals surface area (Å²) in [4.78, 5) is 3.49. The van der Waals surface area contributed by atoms with Crippen molar-refractivity contribution in [3.63, 3.8) is 0 Å². The summed E-state index contributed by atoms with van der Waals surface area (Å²) in [6.07, 6.45) is 3.49. The number of ether oxygens (including phenoxy) is 3. The Morgan fingerprint density at radius 3 is 2.50 bits per heavy atom. The molecular weight excluding hydrogens is 274 g/mol. The SMILES string of the molecule is COc1cc(SC)c(OC)cc1CN1CC[C@H](OC)C1. The average Bonchev–Trinajstić information content (AvgIpc) is 2.94. The summed E-state index contributed by atoms with van der Waals surface area (Å²) in [5.41, 5.74) is 1.17. The van der Waals surface area contributed by atoms with Crippen molar-refractivity contribution in [1.29, 1.82) is 0 Å². The Morgan fingerprint density at radius 1 is 1.20 bits per heavy atom. The van der Waals surface area contributed by atoms with Crippen LogP contribution in [-0.2, 0) is 11.3 Å². The van der Waals surface area contributed by atoms with E-state index in [1.807, 2.05) is 6.26 Å². The van der Waals surface area contributed by atoms with Gasteiger partial charge in [-0.25, -0.2) is 0 Å². The maximum Gasteiger partial charge on any atom is 0.132 e. The van der Waals surface area contributed by atoms with Crippen LogP contribution in [0.2, 0.25) is 0 Å². The van der Waals surface area contributed by atoms with E-state index in [0.29, 0.717) is 6.10 Å². The topological polar surface area (TPSA) is 30.9 Å². The van der Waals surface area contributed by atoms with Gasteiger partial charge in [0.1, 0.15) is 11.5 Å². The quantitative estimate of drug-likeness (QED) is 0.753. The molecule has 1 atom stereocenters. The van der Waals surface area contributed by atoms with E-state index in [1.54, 1.807) is 33.1 Å². The maximum atomic E-state index is 5.52. The van der Waals surface area contributed by atoms with E-state index in [4.69, 9.17) is 14.2 Å². The third kappa shape index (κ3) is 3.40. The molecule has 0 unspecified atom stereocenters. The van der Waals surface area contributed by atoms with Gasteiger partial charge in [-0.15, -0.1) is 11.8 Å². The van der Waals surface area contributed by atoms with Gasteiger partial charge in [0.2, 0.25) is 0 Å². The van der Waals surface area contributed by atoms with Crippen molar-refractivity contribution in [2.75, 3.05) is 40.7 Å². The van der Waals surface area contributed by atoms with Gasteiger partial charge >= 0.3 is 0 Å². The van der Waals surface area contributed by atoms with Crippen LogP contribution in [0.15, 0.2) is 17.0 Å². The van der Waals surface area contributed by atoms with Gasteiger partial charge in [-0.1, -0.05) is 0 Å². The first kappa shape index (κ1) is 15.5. The van der Waals surface area contributed by atoms with E-state index >= 15 is 0 Å². The van der Waals surface area contributed by atoms with Crippen LogP contribution in [0.25, 0.3) is 0 Å². The fraction of sp³-hybridized carbons (Fsp3) is 0.600. The van der Waals surface area contributed by atoms with Crippen molar-refractivity contribution in [3.8, 4) is 11.5 Å². The van der Waals surface area contributed by atoms with E-state index in [-0.39, 0.29) is 0 Å². The number of benzene rings is 1. The molecule has 1 aromatic rings. The first-order chi connectivity index (χ1) is 9.71. The molecule has 1 aliphatic heterocycles. The van der Waals surface area contributed by atoms with Crippen molar-refractivity contribution in [2.45, 2.75) is 24.0 Å². The molecule has 5 heteroatoms. The first-order valence-electron chi connectivity index (χ1n) is 6.75. The van der Waals surface area contributed by atoms with Crippen LogP contribution in [-0.4, -0.2) is 51.7 Å². The van der Waals surface area contributed by atoms with Crippen LogP contribution in [0.1, 0.15) is 12.0 Å². The number of likely N-dealkylation sites (tertiary alicyclic amines) is 1. The van der Waals surface area contributed by atoms with E-state index in [1.165, 1.54) is 5.56 Å². The largest absolute Gasteiger partial charge is 0.496 e. The molecule has 20 heavy (non-hydrogen) atoms. The summed E-state index contributed by atoms with van der Waals surface area (Å²) >= 11 is 1.67. The zero-order valence-electron chi connectivity index (χ0n) is 12.6. The maximum absolute atomic E-state index is 5.52. The molecule has 0 aromatic heterocycles. The summed E-state index contributed by atoms with van der Waals surface area (Å²) in [6, 6.07) is 4.15. The fourth-order valence-electron chi connectivity index (χ4n) is 2.59. The van der Waals surface area contributed by atoms with Gasteiger partial charge in [0.15, 0.2) is 0 Å². The van der Waals surface area contributed by atoms with Gasteiger partial charge in [0.05, 0.1) is 25.2 Å². The Morgan fingerprint density at radius 2 is 1.95 bits per heavy atom. The second-order valence-corrected chi connectivity index (χ2v) is 5.75. The lowest BCUT2D eigenvalue weighted by atomic mass is 10.1. The predicted octanol–water partition coefficient (Wildman–Crippen LogP) is 2.65. The molecule has 0 aliphatic carbocycles. The van der Waals surface area contributed by atoms with Gasteiger partial charge in [0.25, 0.3) is 0 Å². The monoisotopic (exact) mass is 297 g/mol. The van der Waals surface area contributed by atoms with Crippen molar-refractivity contribution in [2.24, 2.45) is 0 Å². The summed E-state index contributed by atoms with van der Waals surface area (Å²) in [5, 5.41) is 0. The number of rotatable bonds is 6.